The number of hydrogen-bond acceptors (Lipinski definition) is 3. The maximum absolute atomic E-state index is 12.6. The van der Waals surface area contributed by atoms with Gasteiger partial charge in [0.15, 0.2) is 0 Å². The van der Waals surface area contributed by atoms with E-state index in [0.717, 1.165) is 10.9 Å². The second-order valence-electron chi connectivity index (χ2n) is 4.75. The fourth-order valence-corrected chi connectivity index (χ4v) is 2.19. The molecule has 1 aromatic heterocycles. The molecule has 1 heterocycles. The minimum absolute atomic E-state index is 0.0480. The summed E-state index contributed by atoms with van der Waals surface area (Å²) in [5.74, 6) is -0.222. The zero-order valence-electron chi connectivity index (χ0n) is 11.7. The lowest BCUT2D eigenvalue weighted by Crippen LogP contribution is -2.34. The lowest BCUT2D eigenvalue weighted by atomic mass is 10.1. The summed E-state index contributed by atoms with van der Waals surface area (Å²) in [7, 11) is 0. The molecule has 0 aliphatic carbocycles. The zero-order valence-corrected chi connectivity index (χ0v) is 11.7. The molecule has 0 aliphatic rings. The highest BCUT2D eigenvalue weighted by molar-refractivity contribution is 6.06. The van der Waals surface area contributed by atoms with Crippen LogP contribution in [0.15, 0.2) is 36.5 Å². The third-order valence-corrected chi connectivity index (χ3v) is 3.26. The molecule has 4 heteroatoms. The average molecular weight is 267 g/mol. The second-order valence-corrected chi connectivity index (χ2v) is 4.75. The van der Waals surface area contributed by atoms with E-state index in [-0.39, 0.29) is 11.8 Å². The summed E-state index contributed by atoms with van der Waals surface area (Å²) in [6, 6.07) is 11.4. The van der Waals surface area contributed by atoms with Gasteiger partial charge in [0.25, 0.3) is 5.91 Å². The van der Waals surface area contributed by atoms with Crippen LogP contribution in [-0.4, -0.2) is 28.9 Å². The summed E-state index contributed by atoms with van der Waals surface area (Å²) >= 11 is 0. The average Bonchev–Trinajstić information content (AvgIpc) is 2.51. The van der Waals surface area contributed by atoms with E-state index in [9.17, 15) is 4.79 Å². The molecule has 4 nitrogen and oxygen atoms in total. The first-order chi connectivity index (χ1) is 9.67. The Kier molecular flexibility index (Phi) is 4.31. The smallest absolute Gasteiger partial charge is 0.254 e. The van der Waals surface area contributed by atoms with Crippen molar-refractivity contribution in [3.05, 3.63) is 42.1 Å². The van der Waals surface area contributed by atoms with Crippen LogP contribution in [0.1, 0.15) is 24.2 Å². The number of nitriles is 1. The van der Waals surface area contributed by atoms with Crippen molar-refractivity contribution < 1.29 is 4.79 Å². The Morgan fingerprint density at radius 3 is 2.90 bits per heavy atom. The number of amides is 1. The van der Waals surface area contributed by atoms with Gasteiger partial charge in [0.2, 0.25) is 0 Å². The van der Waals surface area contributed by atoms with E-state index in [2.05, 4.69) is 11.1 Å². The minimum atomic E-state index is -0.174. The highest BCUT2D eigenvalue weighted by Gasteiger charge is 2.18. The first kappa shape index (κ1) is 14.0. The van der Waals surface area contributed by atoms with Gasteiger partial charge in [0.1, 0.15) is 0 Å². The van der Waals surface area contributed by atoms with Gasteiger partial charge in [-0.05, 0) is 32.0 Å². The molecule has 1 atom stereocenters. The van der Waals surface area contributed by atoms with Crippen molar-refractivity contribution >= 4 is 16.8 Å². The third kappa shape index (κ3) is 2.77. The molecule has 1 aromatic carbocycles. The fourth-order valence-electron chi connectivity index (χ4n) is 2.19. The molecular formula is C16H17N3O. The molecule has 0 aliphatic heterocycles. The highest BCUT2D eigenvalue weighted by Crippen LogP contribution is 2.18. The standard InChI is InChI=1S/C16H17N3O/c1-3-19(11-12(2)10-17)16(20)14-6-4-8-15-13(14)7-5-9-18-15/h4-9,12H,3,11H2,1-2H3. The van der Waals surface area contributed by atoms with Gasteiger partial charge in [-0.2, -0.15) is 5.26 Å². The molecule has 1 unspecified atom stereocenters. The van der Waals surface area contributed by atoms with Gasteiger partial charge in [-0.25, -0.2) is 0 Å². The quantitative estimate of drug-likeness (QED) is 0.855. The number of pyridine rings is 1. The molecule has 102 valence electrons. The Morgan fingerprint density at radius 1 is 1.40 bits per heavy atom. The van der Waals surface area contributed by atoms with Crippen molar-refractivity contribution in [1.29, 1.82) is 5.26 Å². The Hall–Kier alpha value is -2.41. The van der Waals surface area contributed by atoms with Gasteiger partial charge in [-0.1, -0.05) is 12.1 Å². The zero-order chi connectivity index (χ0) is 14.5. The summed E-state index contributed by atoms with van der Waals surface area (Å²) in [4.78, 5) is 18.6. The van der Waals surface area contributed by atoms with Crippen molar-refractivity contribution in [2.75, 3.05) is 13.1 Å². The molecule has 2 rings (SSSR count). The predicted molar refractivity (Wildman–Crippen MR) is 78.1 cm³/mol. The monoisotopic (exact) mass is 267 g/mol. The topological polar surface area (TPSA) is 57.0 Å². The number of fused-ring (bicyclic) bond motifs is 1. The van der Waals surface area contributed by atoms with E-state index in [1.807, 2.05) is 44.2 Å². The Morgan fingerprint density at radius 2 is 2.20 bits per heavy atom. The number of aromatic nitrogens is 1. The van der Waals surface area contributed by atoms with Crippen LogP contribution in [-0.2, 0) is 0 Å². The largest absolute Gasteiger partial charge is 0.338 e. The van der Waals surface area contributed by atoms with Crippen LogP contribution in [0.4, 0.5) is 0 Å². The summed E-state index contributed by atoms with van der Waals surface area (Å²) in [6.45, 7) is 4.77. The van der Waals surface area contributed by atoms with Gasteiger partial charge >= 0.3 is 0 Å². The Bertz CT molecular complexity index is 655. The predicted octanol–water partition coefficient (Wildman–Crippen LogP) is 2.86. The van der Waals surface area contributed by atoms with Crippen LogP contribution in [0, 0.1) is 17.2 Å². The van der Waals surface area contributed by atoms with Gasteiger partial charge in [0.05, 0.1) is 17.5 Å². The number of benzene rings is 1. The van der Waals surface area contributed by atoms with Crippen molar-refractivity contribution in [2.45, 2.75) is 13.8 Å². The molecule has 0 saturated heterocycles. The first-order valence-electron chi connectivity index (χ1n) is 6.70. The third-order valence-electron chi connectivity index (χ3n) is 3.26. The number of carbonyl (C=O) groups excluding carboxylic acids is 1. The summed E-state index contributed by atoms with van der Waals surface area (Å²) in [5, 5.41) is 9.76. The van der Waals surface area contributed by atoms with Gasteiger partial charge < -0.3 is 4.90 Å². The molecule has 1 amide bonds. The molecule has 0 fully saturated rings. The van der Waals surface area contributed by atoms with Crippen LogP contribution in [0.2, 0.25) is 0 Å². The molecule has 20 heavy (non-hydrogen) atoms. The van der Waals surface area contributed by atoms with Gasteiger partial charge in [0, 0.05) is 30.2 Å². The van der Waals surface area contributed by atoms with E-state index >= 15 is 0 Å². The van der Waals surface area contributed by atoms with Gasteiger partial charge in [-0.3, -0.25) is 9.78 Å². The summed E-state index contributed by atoms with van der Waals surface area (Å²) < 4.78 is 0. The molecule has 0 spiro atoms. The van der Waals surface area contributed by atoms with E-state index in [4.69, 9.17) is 5.26 Å². The molecule has 0 saturated carbocycles. The van der Waals surface area contributed by atoms with Crippen LogP contribution in [0.3, 0.4) is 0 Å². The van der Waals surface area contributed by atoms with E-state index < -0.39 is 0 Å². The second kappa shape index (κ2) is 6.16. The molecule has 0 N–H and O–H groups in total. The number of hydrogen-bond donors (Lipinski definition) is 0. The lowest BCUT2D eigenvalue weighted by molar-refractivity contribution is 0.0754. The SMILES string of the molecule is CCN(CC(C)C#N)C(=O)c1cccc2ncccc12. The normalized spacial score (nSPS) is 11.8. The van der Waals surface area contributed by atoms with Crippen LogP contribution in [0.5, 0.6) is 0 Å². The number of carbonyl (C=O) groups is 1. The van der Waals surface area contributed by atoms with Crippen LogP contribution >= 0.6 is 0 Å². The van der Waals surface area contributed by atoms with E-state index in [0.29, 0.717) is 18.7 Å². The van der Waals surface area contributed by atoms with Crippen molar-refractivity contribution in [1.82, 2.24) is 9.88 Å². The number of nitrogens with zero attached hydrogens (tertiary/aromatic N) is 3. The Balaban J connectivity index is 2.37. The molecule has 0 bridgehead atoms. The van der Waals surface area contributed by atoms with Crippen molar-refractivity contribution in [3.63, 3.8) is 0 Å². The maximum Gasteiger partial charge on any atom is 0.254 e. The maximum atomic E-state index is 12.6. The van der Waals surface area contributed by atoms with Crippen molar-refractivity contribution in [2.24, 2.45) is 5.92 Å². The van der Waals surface area contributed by atoms with E-state index in [1.165, 1.54) is 0 Å². The molecule has 0 radical (unpaired) electrons. The highest BCUT2D eigenvalue weighted by atomic mass is 16.2. The van der Waals surface area contributed by atoms with Gasteiger partial charge in [-0.15, -0.1) is 0 Å². The van der Waals surface area contributed by atoms with Crippen LogP contribution < -0.4 is 0 Å². The summed E-state index contributed by atoms with van der Waals surface area (Å²) in [6.07, 6.45) is 1.71. The van der Waals surface area contributed by atoms with Crippen LogP contribution in [0.25, 0.3) is 10.9 Å². The minimum Gasteiger partial charge on any atom is -0.338 e. The van der Waals surface area contributed by atoms with E-state index in [1.54, 1.807) is 11.1 Å². The lowest BCUT2D eigenvalue weighted by Gasteiger charge is -2.22. The number of rotatable bonds is 4. The summed E-state index contributed by atoms with van der Waals surface area (Å²) in [5.41, 5.74) is 1.45. The fraction of sp³-hybridized carbons (Fsp3) is 0.312. The van der Waals surface area contributed by atoms with Crippen molar-refractivity contribution in [3.8, 4) is 6.07 Å². The Labute approximate surface area is 118 Å². The molecule has 2 aromatic rings. The first-order valence-corrected chi connectivity index (χ1v) is 6.70. The molecular weight excluding hydrogens is 250 g/mol.